The summed E-state index contributed by atoms with van der Waals surface area (Å²) >= 11 is 0. The normalized spacial score (nSPS) is 14.5. The number of nitrogens with one attached hydrogen (secondary N) is 1. The van der Waals surface area contributed by atoms with Crippen LogP contribution in [0.1, 0.15) is 40.5 Å². The van der Waals surface area contributed by atoms with E-state index in [4.69, 9.17) is 0 Å². The van der Waals surface area contributed by atoms with Gasteiger partial charge in [-0.3, -0.25) is 0 Å². The molecule has 0 saturated heterocycles. The van der Waals surface area contributed by atoms with Crippen molar-refractivity contribution in [2.45, 2.75) is 46.6 Å². The van der Waals surface area contributed by atoms with Crippen molar-refractivity contribution >= 4 is 10.2 Å². The molecule has 1 unspecified atom stereocenters. The Kier molecular flexibility index (Phi) is 7.94. The van der Waals surface area contributed by atoms with Crippen LogP contribution in [0.2, 0.25) is 0 Å². The number of hydrogen-bond donors (Lipinski definition) is 2. The van der Waals surface area contributed by atoms with Crippen LogP contribution >= 0.6 is 0 Å². The van der Waals surface area contributed by atoms with Gasteiger partial charge in [-0.2, -0.15) is 17.4 Å². The first-order valence-electron chi connectivity index (χ1n) is 6.35. The Morgan fingerprint density at radius 1 is 1.12 bits per heavy atom. The van der Waals surface area contributed by atoms with Crippen molar-refractivity contribution < 1.29 is 13.5 Å². The van der Waals surface area contributed by atoms with E-state index in [-0.39, 0.29) is 12.5 Å². The van der Waals surface area contributed by atoms with Gasteiger partial charge in [0.1, 0.15) is 0 Å². The Labute approximate surface area is 105 Å². The van der Waals surface area contributed by atoms with Gasteiger partial charge in [0.15, 0.2) is 0 Å². The zero-order chi connectivity index (χ0) is 13.5. The lowest BCUT2D eigenvalue weighted by Crippen LogP contribution is -2.44. The zero-order valence-corrected chi connectivity index (χ0v) is 12.1. The summed E-state index contributed by atoms with van der Waals surface area (Å²) in [6, 6.07) is 0. The fourth-order valence-electron chi connectivity index (χ4n) is 1.84. The van der Waals surface area contributed by atoms with Gasteiger partial charge in [-0.1, -0.05) is 40.5 Å². The van der Waals surface area contributed by atoms with Crippen LogP contribution in [0.15, 0.2) is 0 Å². The summed E-state index contributed by atoms with van der Waals surface area (Å²) in [4.78, 5) is 0. The highest BCUT2D eigenvalue weighted by atomic mass is 32.2. The van der Waals surface area contributed by atoms with Crippen LogP contribution in [0.3, 0.4) is 0 Å². The van der Waals surface area contributed by atoms with E-state index in [9.17, 15) is 13.5 Å². The predicted octanol–water partition coefficient (Wildman–Crippen LogP) is 0.960. The Morgan fingerprint density at radius 2 is 1.59 bits per heavy atom. The quantitative estimate of drug-likeness (QED) is 0.653. The van der Waals surface area contributed by atoms with Crippen LogP contribution in [0.25, 0.3) is 0 Å². The fraction of sp³-hybridized carbons (Fsp3) is 1.00. The maximum atomic E-state index is 11.8. The predicted molar refractivity (Wildman–Crippen MR) is 69.9 cm³/mol. The van der Waals surface area contributed by atoms with Crippen molar-refractivity contribution in [3.63, 3.8) is 0 Å². The molecule has 0 aliphatic heterocycles. The molecular weight excluding hydrogens is 240 g/mol. The standard InChI is InChI=1S/C11H26N2O3S/c1-5-10(6-2)11(14)9-12-17(15,16)13(7-3)8-4/h10-12,14H,5-9H2,1-4H3. The van der Waals surface area contributed by atoms with Crippen molar-refractivity contribution in [1.82, 2.24) is 9.03 Å². The molecule has 0 aromatic carbocycles. The van der Waals surface area contributed by atoms with E-state index in [1.165, 1.54) is 4.31 Å². The molecule has 0 heterocycles. The van der Waals surface area contributed by atoms with E-state index >= 15 is 0 Å². The van der Waals surface area contributed by atoms with Crippen molar-refractivity contribution in [3.05, 3.63) is 0 Å². The molecule has 1 atom stereocenters. The van der Waals surface area contributed by atoms with Gasteiger partial charge in [0, 0.05) is 19.6 Å². The monoisotopic (exact) mass is 266 g/mol. The first kappa shape index (κ1) is 16.8. The Morgan fingerprint density at radius 3 is 1.94 bits per heavy atom. The van der Waals surface area contributed by atoms with Gasteiger partial charge in [0.2, 0.25) is 0 Å². The van der Waals surface area contributed by atoms with Crippen LogP contribution in [0.4, 0.5) is 0 Å². The Hall–Kier alpha value is -0.170. The van der Waals surface area contributed by atoms with E-state index in [0.717, 1.165) is 12.8 Å². The molecule has 0 rings (SSSR count). The molecule has 0 spiro atoms. The largest absolute Gasteiger partial charge is 0.391 e. The van der Waals surface area contributed by atoms with Crippen molar-refractivity contribution in [2.24, 2.45) is 5.92 Å². The van der Waals surface area contributed by atoms with Crippen LogP contribution < -0.4 is 4.72 Å². The molecule has 0 aliphatic rings. The molecular formula is C11H26N2O3S. The van der Waals surface area contributed by atoms with Gasteiger partial charge >= 0.3 is 0 Å². The molecule has 0 amide bonds. The highest BCUT2D eigenvalue weighted by Gasteiger charge is 2.22. The maximum Gasteiger partial charge on any atom is 0.279 e. The summed E-state index contributed by atoms with van der Waals surface area (Å²) in [5.41, 5.74) is 0. The molecule has 5 nitrogen and oxygen atoms in total. The highest BCUT2D eigenvalue weighted by Crippen LogP contribution is 2.12. The summed E-state index contributed by atoms with van der Waals surface area (Å²) in [5.74, 6) is 0.148. The number of nitrogens with zero attached hydrogens (tertiary/aromatic N) is 1. The SMILES string of the molecule is CCC(CC)C(O)CNS(=O)(=O)N(CC)CC. The molecule has 0 radical (unpaired) electrons. The third-order valence-electron chi connectivity index (χ3n) is 3.11. The lowest BCUT2D eigenvalue weighted by atomic mass is 9.97. The minimum atomic E-state index is -3.44. The molecule has 17 heavy (non-hydrogen) atoms. The lowest BCUT2D eigenvalue weighted by molar-refractivity contribution is 0.106. The van der Waals surface area contributed by atoms with Crippen LogP contribution in [0, 0.1) is 5.92 Å². The third kappa shape index (κ3) is 5.33. The van der Waals surface area contributed by atoms with Crippen molar-refractivity contribution in [1.29, 1.82) is 0 Å². The summed E-state index contributed by atoms with van der Waals surface area (Å²) in [7, 11) is -3.44. The second-order valence-corrected chi connectivity index (χ2v) is 5.84. The van der Waals surface area contributed by atoms with Crippen molar-refractivity contribution in [2.75, 3.05) is 19.6 Å². The first-order chi connectivity index (χ1) is 7.92. The lowest BCUT2D eigenvalue weighted by Gasteiger charge is -2.23. The Balaban J connectivity index is 4.36. The fourth-order valence-corrected chi connectivity index (χ4v) is 3.09. The van der Waals surface area contributed by atoms with Crippen molar-refractivity contribution in [3.8, 4) is 0 Å². The summed E-state index contributed by atoms with van der Waals surface area (Å²) in [6.45, 7) is 8.54. The van der Waals surface area contributed by atoms with E-state index in [0.29, 0.717) is 13.1 Å². The molecule has 0 aliphatic carbocycles. The van der Waals surface area contributed by atoms with Gasteiger partial charge in [0.25, 0.3) is 10.2 Å². The van der Waals surface area contributed by atoms with Gasteiger partial charge in [-0.25, -0.2) is 0 Å². The number of hydrogen-bond acceptors (Lipinski definition) is 3. The molecule has 0 saturated carbocycles. The number of aliphatic hydroxyl groups is 1. The zero-order valence-electron chi connectivity index (χ0n) is 11.3. The summed E-state index contributed by atoms with van der Waals surface area (Å²) in [5, 5.41) is 9.85. The second-order valence-electron chi connectivity index (χ2n) is 4.08. The Bertz CT molecular complexity index is 285. The maximum absolute atomic E-state index is 11.8. The second kappa shape index (κ2) is 8.02. The molecule has 0 aromatic heterocycles. The smallest absolute Gasteiger partial charge is 0.279 e. The van der Waals surface area contributed by atoms with Gasteiger partial charge in [-0.15, -0.1) is 0 Å². The van der Waals surface area contributed by atoms with Crippen LogP contribution in [-0.2, 0) is 10.2 Å². The van der Waals surface area contributed by atoms with Gasteiger partial charge in [-0.05, 0) is 5.92 Å². The molecule has 104 valence electrons. The molecule has 0 fully saturated rings. The van der Waals surface area contributed by atoms with E-state index < -0.39 is 16.3 Å². The van der Waals surface area contributed by atoms with E-state index in [1.54, 1.807) is 13.8 Å². The van der Waals surface area contributed by atoms with Gasteiger partial charge < -0.3 is 5.11 Å². The summed E-state index contributed by atoms with van der Waals surface area (Å²) < 4.78 is 27.4. The third-order valence-corrected chi connectivity index (χ3v) is 4.84. The molecule has 6 heteroatoms. The number of aliphatic hydroxyl groups excluding tert-OH is 1. The highest BCUT2D eigenvalue weighted by molar-refractivity contribution is 7.87. The minimum Gasteiger partial charge on any atom is -0.391 e. The number of rotatable bonds is 9. The van der Waals surface area contributed by atoms with Crippen LogP contribution in [-0.4, -0.2) is 43.6 Å². The average molecular weight is 266 g/mol. The topological polar surface area (TPSA) is 69.6 Å². The molecule has 0 aromatic rings. The molecule has 2 N–H and O–H groups in total. The minimum absolute atomic E-state index is 0.0885. The van der Waals surface area contributed by atoms with E-state index in [1.807, 2.05) is 13.8 Å². The summed E-state index contributed by atoms with van der Waals surface area (Å²) in [6.07, 6.45) is 1.09. The average Bonchev–Trinajstić information content (AvgIpc) is 2.29. The van der Waals surface area contributed by atoms with Crippen LogP contribution in [0.5, 0.6) is 0 Å². The molecule has 0 bridgehead atoms. The van der Waals surface area contributed by atoms with Gasteiger partial charge in [0.05, 0.1) is 6.10 Å². The first-order valence-corrected chi connectivity index (χ1v) is 7.79. The van der Waals surface area contributed by atoms with E-state index in [2.05, 4.69) is 4.72 Å².